The third-order valence-electron chi connectivity index (χ3n) is 5.43. The number of thiophene rings is 1. The number of nitrogens with one attached hydrogen (secondary N) is 1. The van der Waals surface area contributed by atoms with Gasteiger partial charge in [0.1, 0.15) is 12.4 Å². The number of halogens is 3. The van der Waals surface area contributed by atoms with Gasteiger partial charge in [-0.15, -0.1) is 11.3 Å². The van der Waals surface area contributed by atoms with Crippen molar-refractivity contribution in [2.45, 2.75) is 39.4 Å². The Bertz CT molecular complexity index is 1110. The normalized spacial score (nSPS) is 11.7. The molecule has 0 radical (unpaired) electrons. The van der Waals surface area contributed by atoms with Gasteiger partial charge in [0.15, 0.2) is 0 Å². The van der Waals surface area contributed by atoms with Crippen LogP contribution in [0.25, 0.3) is 0 Å². The molecule has 180 valence electrons. The van der Waals surface area contributed by atoms with Crippen molar-refractivity contribution in [1.82, 2.24) is 9.80 Å². The predicted octanol–water partition coefficient (Wildman–Crippen LogP) is 7.06. The number of hydrogen-bond acceptors (Lipinski definition) is 3. The summed E-state index contributed by atoms with van der Waals surface area (Å²) in [7, 11) is 0. The summed E-state index contributed by atoms with van der Waals surface area (Å²) >= 11 is 13.6. The lowest BCUT2D eigenvalue weighted by Gasteiger charge is -2.31. The van der Waals surface area contributed by atoms with Crippen LogP contribution in [0.5, 0.6) is 0 Å². The maximum absolute atomic E-state index is 13.4. The minimum atomic E-state index is -0.404. The van der Waals surface area contributed by atoms with Gasteiger partial charge in [0, 0.05) is 23.2 Å². The minimum Gasteiger partial charge on any atom is -0.332 e. The number of carbonyl (C=O) groups is 2. The van der Waals surface area contributed by atoms with Gasteiger partial charge in [0.05, 0.1) is 16.6 Å². The highest BCUT2D eigenvalue weighted by atomic mass is 35.5. The molecule has 1 atom stereocenters. The molecule has 1 unspecified atom stereocenters. The van der Waals surface area contributed by atoms with E-state index in [2.05, 4.69) is 5.32 Å². The molecular formula is C25H26Cl2FN3O2S. The second-order valence-electron chi connectivity index (χ2n) is 7.90. The number of hydrogen-bond donors (Lipinski definition) is 1. The van der Waals surface area contributed by atoms with Gasteiger partial charge in [-0.25, -0.2) is 9.18 Å². The van der Waals surface area contributed by atoms with Crippen molar-refractivity contribution in [3.63, 3.8) is 0 Å². The zero-order valence-electron chi connectivity index (χ0n) is 18.9. The van der Waals surface area contributed by atoms with Crippen molar-refractivity contribution in [2.75, 3.05) is 11.9 Å². The van der Waals surface area contributed by atoms with Crippen LogP contribution in [0.4, 0.5) is 14.9 Å². The van der Waals surface area contributed by atoms with Gasteiger partial charge in [-0.2, -0.15) is 0 Å². The first kappa shape index (κ1) is 26.0. The second-order valence-corrected chi connectivity index (χ2v) is 9.75. The summed E-state index contributed by atoms with van der Waals surface area (Å²) in [4.78, 5) is 30.7. The molecular weight excluding hydrogens is 496 g/mol. The number of nitrogens with zero attached hydrogens (tertiary/aromatic N) is 2. The Kier molecular flexibility index (Phi) is 9.33. The highest BCUT2D eigenvalue weighted by Crippen LogP contribution is 2.25. The van der Waals surface area contributed by atoms with E-state index in [1.54, 1.807) is 46.6 Å². The Balaban J connectivity index is 1.78. The molecule has 3 aromatic rings. The second kappa shape index (κ2) is 12.2. The maximum atomic E-state index is 13.4. The van der Waals surface area contributed by atoms with Gasteiger partial charge < -0.3 is 15.1 Å². The molecule has 3 amide bonds. The SMILES string of the molecule is CCC(C)N(CC(=O)N(Cc1ccc(F)cc1)Cc1cccs1)C(=O)Nc1ccc(Cl)c(Cl)c1. The van der Waals surface area contributed by atoms with E-state index in [1.807, 2.05) is 31.4 Å². The van der Waals surface area contributed by atoms with Crippen LogP contribution in [0, 0.1) is 5.82 Å². The van der Waals surface area contributed by atoms with E-state index in [0.29, 0.717) is 35.2 Å². The van der Waals surface area contributed by atoms with E-state index >= 15 is 0 Å². The van der Waals surface area contributed by atoms with Gasteiger partial charge in [0.2, 0.25) is 5.91 Å². The Labute approximate surface area is 213 Å². The Morgan fingerprint density at radius 1 is 1.06 bits per heavy atom. The van der Waals surface area contributed by atoms with Gasteiger partial charge in [0.25, 0.3) is 0 Å². The molecule has 0 bridgehead atoms. The number of amides is 3. The molecule has 0 fully saturated rings. The van der Waals surface area contributed by atoms with Crippen molar-refractivity contribution >= 4 is 52.2 Å². The highest BCUT2D eigenvalue weighted by molar-refractivity contribution is 7.09. The van der Waals surface area contributed by atoms with E-state index in [0.717, 1.165) is 10.4 Å². The van der Waals surface area contributed by atoms with E-state index in [-0.39, 0.29) is 24.3 Å². The van der Waals surface area contributed by atoms with Crippen molar-refractivity contribution in [2.24, 2.45) is 0 Å². The Hall–Kier alpha value is -2.61. The van der Waals surface area contributed by atoms with Crippen LogP contribution in [0.1, 0.15) is 30.7 Å². The number of anilines is 1. The predicted molar refractivity (Wildman–Crippen MR) is 137 cm³/mol. The van der Waals surface area contributed by atoms with E-state index in [1.165, 1.54) is 17.0 Å². The Morgan fingerprint density at radius 3 is 2.41 bits per heavy atom. The average Bonchev–Trinajstić information content (AvgIpc) is 3.33. The molecule has 9 heteroatoms. The number of benzene rings is 2. The van der Waals surface area contributed by atoms with Gasteiger partial charge in [-0.3, -0.25) is 4.79 Å². The minimum absolute atomic E-state index is 0.102. The van der Waals surface area contributed by atoms with Gasteiger partial charge >= 0.3 is 6.03 Å². The van der Waals surface area contributed by atoms with Crippen molar-refractivity contribution in [1.29, 1.82) is 0 Å². The first-order chi connectivity index (χ1) is 16.3. The zero-order valence-corrected chi connectivity index (χ0v) is 21.3. The van der Waals surface area contributed by atoms with Crippen molar-refractivity contribution < 1.29 is 14.0 Å². The topological polar surface area (TPSA) is 52.7 Å². The van der Waals surface area contributed by atoms with Crippen LogP contribution in [-0.4, -0.2) is 34.3 Å². The van der Waals surface area contributed by atoms with Crippen LogP contribution >= 0.6 is 34.5 Å². The number of carbonyl (C=O) groups excluding carboxylic acids is 2. The largest absolute Gasteiger partial charge is 0.332 e. The van der Waals surface area contributed by atoms with Crippen LogP contribution < -0.4 is 5.32 Å². The third kappa shape index (κ3) is 7.19. The summed E-state index contributed by atoms with van der Waals surface area (Å²) < 4.78 is 13.4. The molecule has 1 heterocycles. The molecule has 3 rings (SSSR count). The van der Waals surface area contributed by atoms with Crippen LogP contribution in [0.3, 0.4) is 0 Å². The summed E-state index contributed by atoms with van der Waals surface area (Å²) in [6.07, 6.45) is 0.672. The molecule has 0 aliphatic carbocycles. The standard InChI is InChI=1S/C25H26Cl2FN3O2S/c1-3-17(2)31(25(33)29-20-10-11-22(26)23(27)13-20)16-24(32)30(15-21-5-4-12-34-21)14-18-6-8-19(28)9-7-18/h4-13,17H,3,14-16H2,1-2H3,(H,29,33). The fourth-order valence-electron chi connectivity index (χ4n) is 3.30. The highest BCUT2D eigenvalue weighted by Gasteiger charge is 2.25. The fourth-order valence-corrected chi connectivity index (χ4v) is 4.31. The van der Waals surface area contributed by atoms with Crippen molar-refractivity contribution in [3.05, 3.63) is 86.3 Å². The first-order valence-electron chi connectivity index (χ1n) is 10.8. The molecule has 1 N–H and O–H groups in total. The first-order valence-corrected chi connectivity index (χ1v) is 12.5. The van der Waals surface area contributed by atoms with Crippen molar-refractivity contribution in [3.8, 4) is 0 Å². The fraction of sp³-hybridized carbons (Fsp3) is 0.280. The van der Waals surface area contributed by atoms with Gasteiger partial charge in [-0.05, 0) is 60.7 Å². The van der Waals surface area contributed by atoms with Crippen LogP contribution in [0.2, 0.25) is 10.0 Å². The number of rotatable bonds is 9. The zero-order chi connectivity index (χ0) is 24.7. The molecule has 34 heavy (non-hydrogen) atoms. The molecule has 1 aromatic heterocycles. The molecule has 0 saturated carbocycles. The average molecular weight is 522 g/mol. The molecule has 0 spiro atoms. The van der Waals surface area contributed by atoms with Crippen LogP contribution in [0.15, 0.2) is 60.0 Å². The Morgan fingerprint density at radius 2 is 1.79 bits per heavy atom. The quantitative estimate of drug-likeness (QED) is 0.327. The number of urea groups is 1. The van der Waals surface area contributed by atoms with Gasteiger partial charge in [-0.1, -0.05) is 48.3 Å². The molecule has 0 aliphatic heterocycles. The monoisotopic (exact) mass is 521 g/mol. The maximum Gasteiger partial charge on any atom is 0.322 e. The lowest BCUT2D eigenvalue weighted by molar-refractivity contribution is -0.133. The summed E-state index contributed by atoms with van der Waals surface area (Å²) in [5, 5.41) is 5.47. The summed E-state index contributed by atoms with van der Waals surface area (Å²) in [6, 6.07) is 14.2. The molecule has 0 aliphatic rings. The smallest absolute Gasteiger partial charge is 0.322 e. The molecule has 2 aromatic carbocycles. The molecule has 5 nitrogen and oxygen atoms in total. The summed E-state index contributed by atoms with van der Waals surface area (Å²) in [5.41, 5.74) is 1.29. The van der Waals surface area contributed by atoms with E-state index in [4.69, 9.17) is 23.2 Å². The van der Waals surface area contributed by atoms with Crippen LogP contribution in [-0.2, 0) is 17.9 Å². The summed E-state index contributed by atoms with van der Waals surface area (Å²) in [5.74, 6) is -0.538. The molecule has 0 saturated heterocycles. The third-order valence-corrected chi connectivity index (χ3v) is 7.03. The lowest BCUT2D eigenvalue weighted by atomic mass is 10.2. The lowest BCUT2D eigenvalue weighted by Crippen LogP contribution is -2.47. The van der Waals surface area contributed by atoms with E-state index in [9.17, 15) is 14.0 Å². The summed E-state index contributed by atoms with van der Waals surface area (Å²) in [6.45, 7) is 4.45. The van der Waals surface area contributed by atoms with E-state index < -0.39 is 6.03 Å².